The third-order valence-electron chi connectivity index (χ3n) is 5.11. The van der Waals surface area contributed by atoms with Gasteiger partial charge in [-0.1, -0.05) is 42.1 Å². The van der Waals surface area contributed by atoms with Crippen LogP contribution in [0.3, 0.4) is 0 Å². The van der Waals surface area contributed by atoms with Crippen LogP contribution in [0.5, 0.6) is 0 Å². The summed E-state index contributed by atoms with van der Waals surface area (Å²) in [5, 5.41) is 19.6. The van der Waals surface area contributed by atoms with E-state index in [1.165, 1.54) is 24.6 Å². The topological polar surface area (TPSA) is 79.4 Å². The number of anilines is 1. The Balaban J connectivity index is 1.49. The van der Waals surface area contributed by atoms with Crippen LogP contribution < -0.4 is 5.32 Å². The lowest BCUT2D eigenvalue weighted by atomic mass is 10.2. The predicted octanol–water partition coefficient (Wildman–Crippen LogP) is 4.86. The molecule has 0 radical (unpaired) electrons. The number of hydrogen-bond donors (Lipinski definition) is 1. The van der Waals surface area contributed by atoms with Crippen molar-refractivity contribution in [3.8, 4) is 11.8 Å². The molecule has 0 spiro atoms. The maximum Gasteiger partial charge on any atom is 0.190 e. The van der Waals surface area contributed by atoms with Gasteiger partial charge in [-0.15, -0.1) is 0 Å². The number of para-hydroxylation sites is 2. The number of benzene rings is 2. The van der Waals surface area contributed by atoms with Crippen molar-refractivity contribution in [3.05, 3.63) is 71.5 Å². The van der Waals surface area contributed by atoms with E-state index >= 15 is 0 Å². The number of nitrogens with zero attached hydrogens (tertiary/aromatic N) is 5. The van der Waals surface area contributed by atoms with Gasteiger partial charge in [-0.05, 0) is 44.0 Å². The number of rotatable bonds is 6. The van der Waals surface area contributed by atoms with Crippen molar-refractivity contribution in [2.75, 3.05) is 5.32 Å². The van der Waals surface area contributed by atoms with Crippen LogP contribution in [0.4, 0.5) is 5.82 Å². The molecule has 0 bridgehead atoms. The molecule has 6 nitrogen and oxygen atoms in total. The molecule has 0 atom stereocenters. The molecule has 1 aliphatic carbocycles. The molecular formula is C23H20N6S. The largest absolute Gasteiger partial charge is 0.367 e. The van der Waals surface area contributed by atoms with Crippen molar-refractivity contribution in [2.24, 2.45) is 0 Å². The van der Waals surface area contributed by atoms with Gasteiger partial charge in [0.1, 0.15) is 11.9 Å². The highest BCUT2D eigenvalue weighted by Crippen LogP contribution is 2.31. The minimum absolute atomic E-state index is 0.508. The normalized spacial score (nSPS) is 13.3. The minimum Gasteiger partial charge on any atom is -0.367 e. The van der Waals surface area contributed by atoms with Crippen molar-refractivity contribution in [1.29, 1.82) is 5.26 Å². The van der Waals surface area contributed by atoms with Gasteiger partial charge < -0.3 is 5.32 Å². The molecule has 1 N–H and O–H groups in total. The number of fused-ring (bicyclic) bond motifs is 1. The molecule has 1 aliphatic rings. The molecule has 2 heterocycles. The fourth-order valence-corrected chi connectivity index (χ4v) is 4.27. The fraction of sp³-hybridized carbons (Fsp3) is 0.217. The fourth-order valence-electron chi connectivity index (χ4n) is 3.42. The Morgan fingerprint density at radius 2 is 1.87 bits per heavy atom. The average molecular weight is 413 g/mol. The van der Waals surface area contributed by atoms with E-state index in [0.717, 1.165) is 33.8 Å². The summed E-state index contributed by atoms with van der Waals surface area (Å²) in [6.45, 7) is 1.87. The molecule has 1 saturated carbocycles. The highest BCUT2D eigenvalue weighted by atomic mass is 32.2. The zero-order chi connectivity index (χ0) is 20.5. The third-order valence-corrected chi connectivity index (χ3v) is 5.97. The zero-order valence-electron chi connectivity index (χ0n) is 16.5. The molecule has 30 heavy (non-hydrogen) atoms. The Morgan fingerprint density at radius 1 is 1.10 bits per heavy atom. The van der Waals surface area contributed by atoms with Crippen molar-refractivity contribution in [1.82, 2.24) is 19.7 Å². The third kappa shape index (κ3) is 3.62. The Kier molecular flexibility index (Phi) is 4.85. The number of hydrogen-bond acceptors (Lipinski definition) is 6. The second kappa shape index (κ2) is 7.81. The maximum absolute atomic E-state index is 9.69. The van der Waals surface area contributed by atoms with Gasteiger partial charge in [-0.25, -0.2) is 14.6 Å². The van der Waals surface area contributed by atoms with Crippen molar-refractivity contribution >= 4 is 28.5 Å². The average Bonchev–Trinajstić information content (AvgIpc) is 3.53. The van der Waals surface area contributed by atoms with E-state index in [2.05, 4.69) is 22.6 Å². The van der Waals surface area contributed by atoms with E-state index in [1.54, 1.807) is 0 Å². The molecule has 0 saturated heterocycles. The van der Waals surface area contributed by atoms with E-state index in [-0.39, 0.29) is 0 Å². The van der Waals surface area contributed by atoms with Crippen LogP contribution in [-0.4, -0.2) is 25.8 Å². The second-order valence-electron chi connectivity index (χ2n) is 7.35. The standard InChI is InChI=1S/C23H20N6S/c1-15-19(13-24)21(29(28-15)17-7-3-2-4-8-17)14-30-23-26-20-10-6-5-9-18(20)22(27-23)25-16-11-12-16/h2-10,16H,11-12,14H2,1H3,(H,25,26,27). The molecule has 0 aliphatic heterocycles. The first kappa shape index (κ1) is 18.6. The number of nitrogens with one attached hydrogen (secondary N) is 1. The molecule has 4 aromatic rings. The zero-order valence-corrected chi connectivity index (χ0v) is 17.4. The van der Waals surface area contributed by atoms with Gasteiger partial charge in [0.15, 0.2) is 5.16 Å². The molecule has 2 aromatic heterocycles. The molecule has 2 aromatic carbocycles. The molecule has 148 valence electrons. The molecule has 7 heteroatoms. The Labute approximate surface area is 179 Å². The van der Waals surface area contributed by atoms with Crippen LogP contribution in [0.15, 0.2) is 59.8 Å². The summed E-state index contributed by atoms with van der Waals surface area (Å²) in [5.74, 6) is 1.44. The van der Waals surface area contributed by atoms with Crippen molar-refractivity contribution < 1.29 is 0 Å². The molecule has 5 rings (SSSR count). The second-order valence-corrected chi connectivity index (χ2v) is 8.29. The number of aryl methyl sites for hydroxylation is 1. The summed E-state index contributed by atoms with van der Waals surface area (Å²) in [6.07, 6.45) is 2.36. The monoisotopic (exact) mass is 412 g/mol. The summed E-state index contributed by atoms with van der Waals surface area (Å²) < 4.78 is 1.85. The highest BCUT2D eigenvalue weighted by Gasteiger charge is 2.23. The van der Waals surface area contributed by atoms with Gasteiger partial charge in [-0.2, -0.15) is 10.4 Å². The van der Waals surface area contributed by atoms with Gasteiger partial charge in [0.2, 0.25) is 0 Å². The van der Waals surface area contributed by atoms with Crippen LogP contribution >= 0.6 is 11.8 Å². The summed E-state index contributed by atoms with van der Waals surface area (Å²) in [6, 6.07) is 20.8. The lowest BCUT2D eigenvalue weighted by Gasteiger charge is -2.11. The first-order chi connectivity index (χ1) is 14.7. The summed E-state index contributed by atoms with van der Waals surface area (Å²) >= 11 is 1.53. The first-order valence-electron chi connectivity index (χ1n) is 9.93. The quantitative estimate of drug-likeness (QED) is 0.360. The van der Waals surface area contributed by atoms with Gasteiger partial charge >= 0.3 is 0 Å². The Bertz CT molecular complexity index is 1250. The van der Waals surface area contributed by atoms with E-state index < -0.39 is 0 Å². The van der Waals surface area contributed by atoms with Gasteiger partial charge in [0, 0.05) is 17.2 Å². The van der Waals surface area contributed by atoms with Crippen LogP contribution in [0.1, 0.15) is 29.8 Å². The minimum atomic E-state index is 0.508. The lowest BCUT2D eigenvalue weighted by Crippen LogP contribution is -2.06. The summed E-state index contributed by atoms with van der Waals surface area (Å²) in [4.78, 5) is 9.53. The van der Waals surface area contributed by atoms with Crippen LogP contribution in [0.25, 0.3) is 16.6 Å². The van der Waals surface area contributed by atoms with Gasteiger partial charge in [-0.3, -0.25) is 0 Å². The van der Waals surface area contributed by atoms with E-state index in [4.69, 9.17) is 9.97 Å². The van der Waals surface area contributed by atoms with Crippen molar-refractivity contribution in [2.45, 2.75) is 36.7 Å². The number of aromatic nitrogens is 4. The first-order valence-corrected chi connectivity index (χ1v) is 10.9. The maximum atomic E-state index is 9.69. The van der Waals surface area contributed by atoms with E-state index in [0.29, 0.717) is 22.5 Å². The smallest absolute Gasteiger partial charge is 0.190 e. The number of thioether (sulfide) groups is 1. The SMILES string of the molecule is Cc1nn(-c2ccccc2)c(CSc2nc(NC3CC3)c3ccccc3n2)c1C#N. The highest BCUT2D eigenvalue weighted by molar-refractivity contribution is 7.98. The van der Waals surface area contributed by atoms with Crippen LogP contribution in [-0.2, 0) is 5.75 Å². The molecular weight excluding hydrogens is 392 g/mol. The van der Waals surface area contributed by atoms with Crippen LogP contribution in [0, 0.1) is 18.3 Å². The summed E-state index contributed by atoms with van der Waals surface area (Å²) in [5.41, 5.74) is 4.07. The predicted molar refractivity (Wildman–Crippen MR) is 119 cm³/mol. The summed E-state index contributed by atoms with van der Waals surface area (Å²) in [7, 11) is 0. The van der Waals surface area contributed by atoms with E-state index in [1.807, 2.05) is 60.1 Å². The van der Waals surface area contributed by atoms with Gasteiger partial charge in [0.05, 0.1) is 28.2 Å². The van der Waals surface area contributed by atoms with Crippen molar-refractivity contribution in [3.63, 3.8) is 0 Å². The lowest BCUT2D eigenvalue weighted by molar-refractivity contribution is 0.828. The molecule has 0 unspecified atom stereocenters. The molecule has 0 amide bonds. The molecule has 1 fully saturated rings. The van der Waals surface area contributed by atoms with Gasteiger partial charge in [0.25, 0.3) is 0 Å². The Hall–Kier alpha value is -3.37. The van der Waals surface area contributed by atoms with Crippen LogP contribution in [0.2, 0.25) is 0 Å². The number of nitriles is 1. The Morgan fingerprint density at radius 3 is 2.63 bits per heavy atom. The van der Waals surface area contributed by atoms with E-state index in [9.17, 15) is 5.26 Å².